The summed E-state index contributed by atoms with van der Waals surface area (Å²) in [6, 6.07) is -1.17. The van der Waals surface area contributed by atoms with E-state index < -0.39 is 18.2 Å². The maximum atomic E-state index is 13.4. The molecule has 0 radical (unpaired) electrons. The molecule has 2 amide bonds. The minimum Gasteiger partial charge on any atom is -0.464 e. The first kappa shape index (κ1) is 26.0. The van der Waals surface area contributed by atoms with Crippen molar-refractivity contribution in [3.8, 4) is 12.3 Å². The first-order valence-electron chi connectivity index (χ1n) is 12.4. The minimum atomic E-state index is -0.606. The first-order chi connectivity index (χ1) is 15.6. The van der Waals surface area contributed by atoms with Crippen LogP contribution in [0.4, 0.5) is 4.79 Å². The molecular formula is C25H40N2O5. The summed E-state index contributed by atoms with van der Waals surface area (Å²) in [5.41, 5.74) is 0. The number of piperidine rings is 2. The van der Waals surface area contributed by atoms with Crippen LogP contribution in [0.25, 0.3) is 0 Å². The van der Waals surface area contributed by atoms with Gasteiger partial charge in [-0.3, -0.25) is 9.69 Å². The highest BCUT2D eigenvalue weighted by Gasteiger charge is 2.41. The number of terminal acetylenes is 1. The van der Waals surface area contributed by atoms with E-state index in [4.69, 9.17) is 15.9 Å². The molecule has 32 heavy (non-hydrogen) atoms. The zero-order valence-corrected chi connectivity index (χ0v) is 19.7. The fraction of sp³-hybridized carbons (Fsp3) is 0.800. The number of unbranched alkanes of at least 4 members (excludes halogenated alkanes) is 6. The third kappa shape index (κ3) is 8.03. The normalized spacial score (nSPS) is 21.0. The number of esters is 1. The lowest BCUT2D eigenvalue weighted by Crippen LogP contribution is -2.58. The number of hydrogen-bond donors (Lipinski definition) is 0. The smallest absolute Gasteiger partial charge is 0.411 e. The number of likely N-dealkylation sites (tertiary alicyclic amines) is 2. The Hall–Kier alpha value is -2.23. The third-order valence-electron chi connectivity index (χ3n) is 6.35. The predicted molar refractivity (Wildman–Crippen MR) is 123 cm³/mol. The lowest BCUT2D eigenvalue weighted by molar-refractivity contribution is -0.159. The molecule has 2 atom stereocenters. The second kappa shape index (κ2) is 14.8. The molecule has 2 aliphatic rings. The van der Waals surface area contributed by atoms with Crippen LogP contribution in [0.1, 0.15) is 90.4 Å². The monoisotopic (exact) mass is 448 g/mol. The molecule has 2 unspecified atom stereocenters. The Balaban J connectivity index is 1.87. The summed E-state index contributed by atoms with van der Waals surface area (Å²) in [5, 5.41) is 0. The van der Waals surface area contributed by atoms with Crippen LogP contribution in [0.5, 0.6) is 0 Å². The van der Waals surface area contributed by atoms with Crippen molar-refractivity contribution in [2.45, 2.75) is 102 Å². The molecule has 0 spiro atoms. The number of ether oxygens (including phenoxy) is 2. The van der Waals surface area contributed by atoms with Gasteiger partial charge in [0.15, 0.2) is 6.61 Å². The number of carbonyl (C=O) groups excluding carboxylic acids is 3. The molecule has 7 heteroatoms. The molecule has 180 valence electrons. The molecule has 0 N–H and O–H groups in total. The molecule has 0 saturated carbocycles. The molecular weight excluding hydrogens is 408 g/mol. The highest BCUT2D eigenvalue weighted by molar-refractivity contribution is 5.90. The van der Waals surface area contributed by atoms with E-state index in [1.807, 2.05) is 0 Å². The first-order valence-corrected chi connectivity index (χ1v) is 12.4. The van der Waals surface area contributed by atoms with Gasteiger partial charge in [-0.15, -0.1) is 6.42 Å². The van der Waals surface area contributed by atoms with Gasteiger partial charge in [-0.2, -0.15) is 0 Å². The van der Waals surface area contributed by atoms with Gasteiger partial charge < -0.3 is 14.4 Å². The molecule has 2 saturated heterocycles. The maximum absolute atomic E-state index is 13.4. The maximum Gasteiger partial charge on any atom is 0.411 e. The fourth-order valence-corrected chi connectivity index (χ4v) is 4.55. The minimum absolute atomic E-state index is 0.118. The molecule has 0 aliphatic carbocycles. The number of rotatable bonds is 11. The summed E-state index contributed by atoms with van der Waals surface area (Å²) in [7, 11) is 0. The molecule has 0 bridgehead atoms. The van der Waals surface area contributed by atoms with Crippen LogP contribution in [0.15, 0.2) is 0 Å². The van der Waals surface area contributed by atoms with E-state index in [9.17, 15) is 14.4 Å². The van der Waals surface area contributed by atoms with Crippen molar-refractivity contribution in [1.82, 2.24) is 9.80 Å². The van der Waals surface area contributed by atoms with E-state index >= 15 is 0 Å². The highest BCUT2D eigenvalue weighted by Crippen LogP contribution is 2.25. The van der Waals surface area contributed by atoms with Crippen molar-refractivity contribution in [2.24, 2.45) is 0 Å². The van der Waals surface area contributed by atoms with Crippen LogP contribution in [-0.4, -0.2) is 66.2 Å². The largest absolute Gasteiger partial charge is 0.464 e. The van der Waals surface area contributed by atoms with Crippen molar-refractivity contribution >= 4 is 18.0 Å². The SMILES string of the molecule is C#CCOC(=O)N1CCCCC1C(=O)N1CCCCC1C(=O)OCCCCCCCCC. The fourth-order valence-electron chi connectivity index (χ4n) is 4.55. The van der Waals surface area contributed by atoms with Crippen LogP contribution >= 0.6 is 0 Å². The predicted octanol–water partition coefficient (Wildman–Crippen LogP) is 4.29. The van der Waals surface area contributed by atoms with Gasteiger partial charge in [0.25, 0.3) is 0 Å². The zero-order chi connectivity index (χ0) is 23.2. The number of amides is 2. The lowest BCUT2D eigenvalue weighted by Gasteiger charge is -2.40. The van der Waals surface area contributed by atoms with Crippen molar-refractivity contribution in [2.75, 3.05) is 26.3 Å². The van der Waals surface area contributed by atoms with Gasteiger partial charge >= 0.3 is 12.1 Å². The summed E-state index contributed by atoms with van der Waals surface area (Å²) < 4.78 is 10.6. The van der Waals surface area contributed by atoms with E-state index in [1.54, 1.807) is 4.90 Å². The van der Waals surface area contributed by atoms with Crippen LogP contribution in [0.3, 0.4) is 0 Å². The standard InChI is InChI=1S/C25H40N2O5/c1-3-5-6-7-8-9-14-20-31-24(29)22-16-11-12-17-26(22)23(28)21-15-10-13-18-27(21)25(30)32-19-4-2/h2,21-22H,3,5-20H2,1H3. The Bertz CT molecular complexity index is 645. The Kier molecular flexibility index (Phi) is 12.0. The van der Waals surface area contributed by atoms with Crippen molar-refractivity contribution in [3.05, 3.63) is 0 Å². The molecule has 2 rings (SSSR count). The Labute approximate surface area is 193 Å². The molecule has 7 nitrogen and oxygen atoms in total. The Morgan fingerprint density at radius 2 is 1.47 bits per heavy atom. The second-order valence-electron chi connectivity index (χ2n) is 8.80. The summed E-state index contributed by atoms with van der Waals surface area (Å²) >= 11 is 0. The lowest BCUT2D eigenvalue weighted by atomic mass is 9.97. The van der Waals surface area contributed by atoms with E-state index in [-0.39, 0.29) is 18.5 Å². The van der Waals surface area contributed by atoms with Gasteiger partial charge in [-0.1, -0.05) is 51.4 Å². The number of hydrogen-bond acceptors (Lipinski definition) is 5. The van der Waals surface area contributed by atoms with Crippen LogP contribution in [-0.2, 0) is 19.1 Å². The number of carbonyl (C=O) groups is 3. The van der Waals surface area contributed by atoms with Crippen molar-refractivity contribution < 1.29 is 23.9 Å². The van der Waals surface area contributed by atoms with Gasteiger partial charge in [0.1, 0.15) is 12.1 Å². The van der Waals surface area contributed by atoms with Crippen molar-refractivity contribution in [1.29, 1.82) is 0 Å². The van der Waals surface area contributed by atoms with Gasteiger partial charge in [-0.05, 0) is 44.9 Å². The highest BCUT2D eigenvalue weighted by atomic mass is 16.6. The molecule has 0 aromatic rings. The van der Waals surface area contributed by atoms with Gasteiger partial charge in [0.05, 0.1) is 6.61 Å². The average Bonchev–Trinajstić information content (AvgIpc) is 2.83. The molecule has 2 heterocycles. The van der Waals surface area contributed by atoms with Gasteiger partial charge in [0, 0.05) is 13.1 Å². The van der Waals surface area contributed by atoms with Crippen LogP contribution in [0, 0.1) is 12.3 Å². The number of nitrogens with zero attached hydrogens (tertiary/aromatic N) is 2. The summed E-state index contributed by atoms with van der Waals surface area (Å²) in [4.78, 5) is 41.7. The molecule has 0 aromatic heterocycles. The average molecular weight is 449 g/mol. The topological polar surface area (TPSA) is 76.2 Å². The summed E-state index contributed by atoms with van der Waals surface area (Å²) in [5.74, 6) is 1.78. The second-order valence-corrected chi connectivity index (χ2v) is 8.80. The van der Waals surface area contributed by atoms with E-state index in [0.29, 0.717) is 32.5 Å². The van der Waals surface area contributed by atoms with E-state index in [2.05, 4.69) is 12.8 Å². The quantitative estimate of drug-likeness (QED) is 0.268. The van der Waals surface area contributed by atoms with Crippen molar-refractivity contribution in [3.63, 3.8) is 0 Å². The molecule has 0 aromatic carbocycles. The van der Waals surface area contributed by atoms with Crippen LogP contribution in [0.2, 0.25) is 0 Å². The van der Waals surface area contributed by atoms with Crippen LogP contribution < -0.4 is 0 Å². The zero-order valence-electron chi connectivity index (χ0n) is 19.7. The third-order valence-corrected chi connectivity index (χ3v) is 6.35. The Morgan fingerprint density at radius 1 is 0.844 bits per heavy atom. The summed E-state index contributed by atoms with van der Waals surface area (Å²) in [6.07, 6.45) is 17.3. The van der Waals surface area contributed by atoms with E-state index in [0.717, 1.165) is 38.5 Å². The molecule has 2 fully saturated rings. The van der Waals surface area contributed by atoms with Gasteiger partial charge in [-0.25, -0.2) is 9.59 Å². The van der Waals surface area contributed by atoms with E-state index in [1.165, 1.54) is 37.0 Å². The molecule has 2 aliphatic heterocycles. The van der Waals surface area contributed by atoms with Gasteiger partial charge in [0.2, 0.25) is 5.91 Å². The Morgan fingerprint density at radius 3 is 2.16 bits per heavy atom. The summed E-state index contributed by atoms with van der Waals surface area (Å²) in [6.45, 7) is 3.46.